The number of aryl methyl sites for hydroxylation is 2. The van der Waals surface area contributed by atoms with Crippen LogP contribution in [0.4, 0.5) is 5.88 Å². The smallest absolute Gasteiger partial charge is 0.266 e. The number of benzene rings is 1. The third-order valence-corrected chi connectivity index (χ3v) is 6.98. The number of piperazine rings is 1. The Bertz CT molecular complexity index is 1170. The fourth-order valence-corrected chi connectivity index (χ4v) is 5.09. The van der Waals surface area contributed by atoms with Crippen molar-refractivity contribution in [3.05, 3.63) is 53.4 Å². The molecule has 0 unspecified atom stereocenters. The highest BCUT2D eigenvalue weighted by molar-refractivity contribution is 7.89. The summed E-state index contributed by atoms with van der Waals surface area (Å²) in [6.45, 7) is 5.11. The molecule has 150 valence electrons. The molecule has 4 rings (SSSR count). The van der Waals surface area contributed by atoms with Crippen molar-refractivity contribution in [3.8, 4) is 17.7 Å². The average Bonchev–Trinajstić information content (AvgIpc) is 3.37. The molecule has 2 aromatic heterocycles. The predicted molar refractivity (Wildman–Crippen MR) is 106 cm³/mol. The van der Waals surface area contributed by atoms with Gasteiger partial charge in [0.15, 0.2) is 5.76 Å². The number of oxazole rings is 1. The Morgan fingerprint density at radius 2 is 1.90 bits per heavy atom. The van der Waals surface area contributed by atoms with Gasteiger partial charge in [0.05, 0.1) is 11.2 Å². The standard InChI is InChI=1S/C20H20N4O4S/c1-14-5-6-18(15(2)12-14)29(25,26)24-9-7-23(8-10-24)20-16(13-21)22-19(28-20)17-4-3-11-27-17/h3-6,11-12H,7-10H2,1-2H3. The van der Waals surface area contributed by atoms with Crippen molar-refractivity contribution < 1.29 is 17.3 Å². The molecule has 1 fully saturated rings. The molecule has 1 aliphatic rings. The molecule has 1 aromatic carbocycles. The zero-order chi connectivity index (χ0) is 20.6. The molecule has 0 aliphatic carbocycles. The van der Waals surface area contributed by atoms with E-state index in [0.717, 1.165) is 11.1 Å². The highest BCUT2D eigenvalue weighted by atomic mass is 32.2. The summed E-state index contributed by atoms with van der Waals surface area (Å²) < 4.78 is 38.6. The van der Waals surface area contributed by atoms with Gasteiger partial charge in [0.2, 0.25) is 21.6 Å². The highest BCUT2D eigenvalue weighted by Gasteiger charge is 2.32. The maximum absolute atomic E-state index is 13.1. The van der Waals surface area contributed by atoms with Crippen LogP contribution in [0.3, 0.4) is 0 Å². The van der Waals surface area contributed by atoms with E-state index in [-0.39, 0.29) is 24.7 Å². The molecule has 0 N–H and O–H groups in total. The maximum Gasteiger partial charge on any atom is 0.266 e. The summed E-state index contributed by atoms with van der Waals surface area (Å²) >= 11 is 0. The van der Waals surface area contributed by atoms with Crippen LogP contribution >= 0.6 is 0 Å². The van der Waals surface area contributed by atoms with E-state index < -0.39 is 10.0 Å². The molecule has 0 amide bonds. The molecular formula is C20H20N4O4S. The number of furan rings is 1. The molecule has 3 heterocycles. The van der Waals surface area contributed by atoms with Gasteiger partial charge in [-0.15, -0.1) is 0 Å². The van der Waals surface area contributed by atoms with Crippen LogP contribution in [0, 0.1) is 25.2 Å². The summed E-state index contributed by atoms with van der Waals surface area (Å²) in [5.41, 5.74) is 1.91. The second-order valence-corrected chi connectivity index (χ2v) is 8.83. The second kappa shape index (κ2) is 7.39. The van der Waals surface area contributed by atoms with Crippen LogP contribution in [0.5, 0.6) is 0 Å². The molecule has 0 bridgehead atoms. The predicted octanol–water partition coefficient (Wildman–Crippen LogP) is 2.93. The first kappa shape index (κ1) is 19.2. The Hall–Kier alpha value is -3.09. The molecule has 8 nitrogen and oxygen atoms in total. The Kier molecular flexibility index (Phi) is 4.90. The Balaban J connectivity index is 1.53. The molecule has 1 saturated heterocycles. The van der Waals surface area contributed by atoms with E-state index in [1.807, 2.05) is 24.0 Å². The van der Waals surface area contributed by atoms with Gasteiger partial charge in [-0.05, 0) is 37.6 Å². The Morgan fingerprint density at radius 3 is 2.52 bits per heavy atom. The summed E-state index contributed by atoms with van der Waals surface area (Å²) in [4.78, 5) is 6.35. The minimum Gasteiger partial charge on any atom is -0.459 e. The van der Waals surface area contributed by atoms with E-state index in [4.69, 9.17) is 8.83 Å². The van der Waals surface area contributed by atoms with E-state index in [1.165, 1.54) is 10.6 Å². The van der Waals surface area contributed by atoms with Gasteiger partial charge in [0.1, 0.15) is 6.07 Å². The second-order valence-electron chi connectivity index (χ2n) is 6.92. The van der Waals surface area contributed by atoms with E-state index >= 15 is 0 Å². The largest absolute Gasteiger partial charge is 0.459 e. The van der Waals surface area contributed by atoms with Crippen LogP contribution in [0.25, 0.3) is 11.7 Å². The minimum absolute atomic E-state index is 0.155. The molecule has 29 heavy (non-hydrogen) atoms. The minimum atomic E-state index is -3.58. The number of anilines is 1. The number of aromatic nitrogens is 1. The van der Waals surface area contributed by atoms with Crippen molar-refractivity contribution in [2.24, 2.45) is 0 Å². The summed E-state index contributed by atoms with van der Waals surface area (Å²) in [6, 6.07) is 10.8. The van der Waals surface area contributed by atoms with Crippen LogP contribution in [0.1, 0.15) is 16.8 Å². The fourth-order valence-electron chi connectivity index (χ4n) is 3.46. The van der Waals surface area contributed by atoms with Crippen molar-refractivity contribution in [3.63, 3.8) is 0 Å². The van der Waals surface area contributed by atoms with Crippen molar-refractivity contribution >= 4 is 15.9 Å². The van der Waals surface area contributed by atoms with Crippen molar-refractivity contribution in [2.75, 3.05) is 31.1 Å². The number of rotatable bonds is 4. The van der Waals surface area contributed by atoms with Crippen molar-refractivity contribution in [2.45, 2.75) is 18.7 Å². The normalized spacial score (nSPS) is 15.4. The van der Waals surface area contributed by atoms with Gasteiger partial charge in [-0.25, -0.2) is 8.42 Å². The first-order valence-corrected chi connectivity index (χ1v) is 10.6. The van der Waals surface area contributed by atoms with Crippen LogP contribution in [0.2, 0.25) is 0 Å². The fraction of sp³-hybridized carbons (Fsp3) is 0.300. The molecule has 0 spiro atoms. The van der Waals surface area contributed by atoms with Crippen LogP contribution in [0.15, 0.2) is 50.3 Å². The van der Waals surface area contributed by atoms with Crippen molar-refractivity contribution in [1.82, 2.24) is 9.29 Å². The lowest BCUT2D eigenvalue weighted by Gasteiger charge is -2.34. The summed E-state index contributed by atoms with van der Waals surface area (Å²) in [6.07, 6.45) is 1.50. The first-order chi connectivity index (χ1) is 13.9. The van der Waals surface area contributed by atoms with E-state index in [0.29, 0.717) is 29.6 Å². The number of nitrogens with zero attached hydrogens (tertiary/aromatic N) is 4. The quantitative estimate of drug-likeness (QED) is 0.649. The van der Waals surface area contributed by atoms with Gasteiger partial charge in [-0.2, -0.15) is 14.6 Å². The average molecular weight is 412 g/mol. The van der Waals surface area contributed by atoms with Crippen LogP contribution in [-0.4, -0.2) is 43.9 Å². The molecule has 0 atom stereocenters. The molecular weight excluding hydrogens is 392 g/mol. The van der Waals surface area contributed by atoms with E-state index in [2.05, 4.69) is 4.98 Å². The lowest BCUT2D eigenvalue weighted by molar-refractivity contribution is 0.373. The molecule has 0 saturated carbocycles. The summed E-state index contributed by atoms with van der Waals surface area (Å²) in [5.74, 6) is 0.998. The molecule has 1 aliphatic heterocycles. The lowest BCUT2D eigenvalue weighted by atomic mass is 10.2. The van der Waals surface area contributed by atoms with Crippen LogP contribution < -0.4 is 4.90 Å². The zero-order valence-corrected chi connectivity index (χ0v) is 16.9. The highest BCUT2D eigenvalue weighted by Crippen LogP contribution is 2.30. The van der Waals surface area contributed by atoms with Gasteiger partial charge in [-0.3, -0.25) is 0 Å². The zero-order valence-electron chi connectivity index (χ0n) is 16.1. The molecule has 3 aromatic rings. The topological polar surface area (TPSA) is 104 Å². The molecule has 9 heteroatoms. The number of sulfonamides is 1. The van der Waals surface area contributed by atoms with Gasteiger partial charge in [0, 0.05) is 26.2 Å². The van der Waals surface area contributed by atoms with Gasteiger partial charge in [0.25, 0.3) is 5.89 Å². The third-order valence-electron chi connectivity index (χ3n) is 4.92. The summed E-state index contributed by atoms with van der Waals surface area (Å²) in [7, 11) is -3.58. The van der Waals surface area contributed by atoms with Crippen molar-refractivity contribution in [1.29, 1.82) is 5.26 Å². The number of hydrogen-bond acceptors (Lipinski definition) is 7. The SMILES string of the molecule is Cc1ccc(S(=O)(=O)N2CCN(c3oc(-c4ccco4)nc3C#N)CC2)c(C)c1. The molecule has 0 radical (unpaired) electrons. The number of nitriles is 1. The summed E-state index contributed by atoms with van der Waals surface area (Å²) in [5, 5.41) is 9.41. The Labute approximate surface area is 169 Å². The first-order valence-electron chi connectivity index (χ1n) is 9.17. The van der Waals surface area contributed by atoms with E-state index in [1.54, 1.807) is 31.2 Å². The maximum atomic E-state index is 13.1. The number of hydrogen-bond donors (Lipinski definition) is 0. The lowest BCUT2D eigenvalue weighted by Crippen LogP contribution is -2.48. The Morgan fingerprint density at radius 1 is 1.14 bits per heavy atom. The van der Waals surface area contributed by atoms with Gasteiger partial charge >= 0.3 is 0 Å². The van der Waals surface area contributed by atoms with E-state index in [9.17, 15) is 13.7 Å². The van der Waals surface area contributed by atoms with Gasteiger partial charge in [-0.1, -0.05) is 17.7 Å². The van der Waals surface area contributed by atoms with Gasteiger partial charge < -0.3 is 13.7 Å². The monoisotopic (exact) mass is 412 g/mol. The third kappa shape index (κ3) is 3.52. The van der Waals surface area contributed by atoms with Crippen LogP contribution in [-0.2, 0) is 10.0 Å².